The quantitative estimate of drug-likeness (QED) is 0.756. The molecule has 1 aromatic heterocycles. The number of rotatable bonds is 7. The van der Waals surface area contributed by atoms with Crippen LogP contribution in [0.5, 0.6) is 5.75 Å². The van der Waals surface area contributed by atoms with Crippen molar-refractivity contribution in [2.75, 3.05) is 51.3 Å². The number of anilines is 2. The summed E-state index contributed by atoms with van der Waals surface area (Å²) in [5.74, 6) is 1.42. The van der Waals surface area contributed by atoms with Gasteiger partial charge >= 0.3 is 0 Å². The fourth-order valence-electron chi connectivity index (χ4n) is 4.00. The van der Waals surface area contributed by atoms with Crippen molar-refractivity contribution in [2.24, 2.45) is 0 Å². The van der Waals surface area contributed by atoms with Gasteiger partial charge in [0.2, 0.25) is 0 Å². The highest BCUT2D eigenvalue weighted by molar-refractivity contribution is 5.99. The molecular formula is C23H30N4O3. The monoisotopic (exact) mass is 410 g/mol. The molecule has 2 aliphatic heterocycles. The van der Waals surface area contributed by atoms with Crippen molar-refractivity contribution in [3.8, 4) is 5.75 Å². The number of nitrogens with one attached hydrogen (secondary N) is 1. The summed E-state index contributed by atoms with van der Waals surface area (Å²) in [4.78, 5) is 21.9. The number of nitrogens with zero attached hydrogens (tertiary/aromatic N) is 3. The van der Waals surface area contributed by atoms with Gasteiger partial charge in [-0.25, -0.2) is 4.98 Å². The Morgan fingerprint density at radius 2 is 2.00 bits per heavy atom. The Balaban J connectivity index is 1.37. The van der Waals surface area contributed by atoms with Crippen LogP contribution in [-0.2, 0) is 4.74 Å². The minimum absolute atomic E-state index is 0.0216. The second-order valence-corrected chi connectivity index (χ2v) is 7.71. The highest BCUT2D eigenvalue weighted by atomic mass is 16.5. The van der Waals surface area contributed by atoms with Crippen molar-refractivity contribution >= 4 is 17.4 Å². The molecule has 0 spiro atoms. The molecule has 30 heavy (non-hydrogen) atoms. The predicted octanol–water partition coefficient (Wildman–Crippen LogP) is 3.16. The van der Waals surface area contributed by atoms with Crippen molar-refractivity contribution in [3.05, 3.63) is 48.2 Å². The average molecular weight is 411 g/mol. The molecule has 7 nitrogen and oxygen atoms in total. The lowest BCUT2D eigenvalue weighted by Gasteiger charge is -2.35. The van der Waals surface area contributed by atoms with Gasteiger partial charge in [-0.3, -0.25) is 9.69 Å². The van der Waals surface area contributed by atoms with Crippen molar-refractivity contribution in [1.29, 1.82) is 0 Å². The van der Waals surface area contributed by atoms with E-state index in [9.17, 15) is 4.79 Å². The Kier molecular flexibility index (Phi) is 6.81. The highest BCUT2D eigenvalue weighted by Gasteiger charge is 2.26. The Morgan fingerprint density at radius 3 is 2.70 bits per heavy atom. The molecule has 0 saturated carbocycles. The lowest BCUT2D eigenvalue weighted by molar-refractivity contribution is 0.0433. The number of aromatic nitrogens is 1. The van der Waals surface area contributed by atoms with Crippen LogP contribution in [-0.4, -0.2) is 72.7 Å². The second-order valence-electron chi connectivity index (χ2n) is 7.71. The number of carbonyl (C=O) groups excluding carboxylic acids is 1. The van der Waals surface area contributed by atoms with E-state index < -0.39 is 0 Å². The van der Waals surface area contributed by atoms with E-state index in [1.807, 2.05) is 48.2 Å². The molecule has 1 amide bonds. The lowest BCUT2D eigenvalue weighted by atomic mass is 10.1. The van der Waals surface area contributed by atoms with E-state index >= 15 is 0 Å². The van der Waals surface area contributed by atoms with Gasteiger partial charge in [-0.05, 0) is 56.2 Å². The summed E-state index contributed by atoms with van der Waals surface area (Å²) in [6, 6.07) is 11.3. The Labute approximate surface area is 178 Å². The number of benzene rings is 1. The van der Waals surface area contributed by atoms with E-state index in [4.69, 9.17) is 9.47 Å². The number of hydrogen-bond donors (Lipinski definition) is 1. The number of hydrogen-bond acceptors (Lipinski definition) is 6. The van der Waals surface area contributed by atoms with E-state index in [0.29, 0.717) is 24.1 Å². The first kappa shape index (κ1) is 20.6. The van der Waals surface area contributed by atoms with Gasteiger partial charge in [-0.2, -0.15) is 0 Å². The minimum Gasteiger partial charge on any atom is -0.494 e. The van der Waals surface area contributed by atoms with Crippen LogP contribution in [0.4, 0.5) is 11.5 Å². The van der Waals surface area contributed by atoms with Gasteiger partial charge in [-0.15, -0.1) is 0 Å². The molecule has 2 aromatic rings. The normalized spacial score (nSPS) is 19.6. The second kappa shape index (κ2) is 9.91. The van der Waals surface area contributed by atoms with Crippen LogP contribution in [0.2, 0.25) is 0 Å². The first-order valence-corrected chi connectivity index (χ1v) is 10.8. The smallest absolute Gasteiger partial charge is 0.257 e. The van der Waals surface area contributed by atoms with Gasteiger partial charge in [-0.1, -0.05) is 0 Å². The number of piperazine rings is 1. The average Bonchev–Trinajstić information content (AvgIpc) is 3.29. The van der Waals surface area contributed by atoms with Crippen LogP contribution >= 0.6 is 0 Å². The Bertz CT molecular complexity index is 829. The number of pyridine rings is 1. The van der Waals surface area contributed by atoms with Crippen LogP contribution in [0.25, 0.3) is 0 Å². The molecule has 0 bridgehead atoms. The van der Waals surface area contributed by atoms with Gasteiger partial charge in [0.15, 0.2) is 0 Å². The number of carbonyl (C=O) groups is 1. The molecule has 2 saturated heterocycles. The van der Waals surface area contributed by atoms with Crippen molar-refractivity contribution < 1.29 is 14.3 Å². The third-order valence-corrected chi connectivity index (χ3v) is 5.61. The first-order chi connectivity index (χ1) is 14.7. The molecule has 1 N–H and O–H groups in total. The SMILES string of the molecule is CCOc1ccc(Nc2ncccc2C(=O)N2CCN(CC3CCCO3)CC2)cc1. The molecule has 2 aliphatic rings. The standard InChI is InChI=1S/C23H30N4O3/c1-2-29-19-9-7-18(8-10-19)25-22-21(6-3-11-24-22)23(28)27-14-12-26(13-15-27)17-20-5-4-16-30-20/h3,6-11,20H,2,4-5,12-17H2,1H3,(H,24,25). The lowest BCUT2D eigenvalue weighted by Crippen LogP contribution is -2.50. The van der Waals surface area contributed by atoms with Crippen molar-refractivity contribution in [3.63, 3.8) is 0 Å². The number of ether oxygens (including phenoxy) is 2. The van der Waals surface area contributed by atoms with Gasteiger partial charge in [0.1, 0.15) is 11.6 Å². The molecule has 1 aromatic carbocycles. The molecule has 2 fully saturated rings. The first-order valence-electron chi connectivity index (χ1n) is 10.8. The van der Waals surface area contributed by atoms with E-state index in [-0.39, 0.29) is 5.91 Å². The largest absolute Gasteiger partial charge is 0.494 e. The van der Waals surface area contributed by atoms with Gasteiger partial charge < -0.3 is 19.7 Å². The molecule has 4 rings (SSSR count). The number of amides is 1. The Morgan fingerprint density at radius 1 is 1.20 bits per heavy atom. The van der Waals surface area contributed by atoms with E-state index in [0.717, 1.165) is 63.6 Å². The maximum absolute atomic E-state index is 13.2. The summed E-state index contributed by atoms with van der Waals surface area (Å²) in [7, 11) is 0. The van der Waals surface area contributed by atoms with E-state index in [1.54, 1.807) is 6.20 Å². The summed E-state index contributed by atoms with van der Waals surface area (Å²) in [5, 5.41) is 3.28. The van der Waals surface area contributed by atoms with Crippen molar-refractivity contribution in [1.82, 2.24) is 14.8 Å². The molecular weight excluding hydrogens is 380 g/mol. The van der Waals surface area contributed by atoms with Crippen LogP contribution in [0.15, 0.2) is 42.6 Å². The molecule has 160 valence electrons. The molecule has 1 unspecified atom stereocenters. The Hall–Kier alpha value is -2.64. The maximum atomic E-state index is 13.2. The zero-order valence-corrected chi connectivity index (χ0v) is 17.5. The van der Waals surface area contributed by atoms with Crippen LogP contribution in [0.1, 0.15) is 30.1 Å². The summed E-state index contributed by atoms with van der Waals surface area (Å²) in [6.45, 7) is 7.66. The van der Waals surface area contributed by atoms with E-state index in [1.165, 1.54) is 0 Å². The van der Waals surface area contributed by atoms with Gasteiger partial charge in [0, 0.05) is 51.2 Å². The third kappa shape index (κ3) is 5.09. The molecule has 0 aliphatic carbocycles. The zero-order chi connectivity index (χ0) is 20.8. The van der Waals surface area contributed by atoms with Crippen LogP contribution < -0.4 is 10.1 Å². The fraction of sp³-hybridized carbons (Fsp3) is 0.478. The molecule has 0 radical (unpaired) electrons. The maximum Gasteiger partial charge on any atom is 0.257 e. The molecule has 1 atom stereocenters. The van der Waals surface area contributed by atoms with Crippen LogP contribution in [0, 0.1) is 0 Å². The summed E-state index contributed by atoms with van der Waals surface area (Å²) in [5.41, 5.74) is 1.46. The van der Waals surface area contributed by atoms with Gasteiger partial charge in [0.05, 0.1) is 18.3 Å². The fourth-order valence-corrected chi connectivity index (χ4v) is 4.00. The minimum atomic E-state index is 0.0216. The summed E-state index contributed by atoms with van der Waals surface area (Å²) < 4.78 is 11.2. The van der Waals surface area contributed by atoms with Gasteiger partial charge in [0.25, 0.3) is 5.91 Å². The summed E-state index contributed by atoms with van der Waals surface area (Å²) >= 11 is 0. The topological polar surface area (TPSA) is 66.9 Å². The van der Waals surface area contributed by atoms with Crippen molar-refractivity contribution in [2.45, 2.75) is 25.9 Å². The molecule has 7 heteroatoms. The zero-order valence-electron chi connectivity index (χ0n) is 17.5. The highest BCUT2D eigenvalue weighted by Crippen LogP contribution is 2.23. The third-order valence-electron chi connectivity index (χ3n) is 5.61. The van der Waals surface area contributed by atoms with E-state index in [2.05, 4.69) is 15.2 Å². The summed E-state index contributed by atoms with van der Waals surface area (Å²) in [6.07, 6.45) is 4.37. The predicted molar refractivity (Wildman–Crippen MR) is 116 cm³/mol. The molecule has 3 heterocycles. The van der Waals surface area contributed by atoms with Crippen LogP contribution in [0.3, 0.4) is 0 Å².